The Morgan fingerprint density at radius 3 is 2.31 bits per heavy atom. The summed E-state index contributed by atoms with van der Waals surface area (Å²) in [5, 5.41) is 8.65. The van der Waals surface area contributed by atoms with Crippen LogP contribution in [0.25, 0.3) is 0 Å². The molecule has 0 spiro atoms. The largest absolute Gasteiger partial charge is 0.419 e. The van der Waals surface area contributed by atoms with E-state index >= 15 is 0 Å². The fourth-order valence-corrected chi connectivity index (χ4v) is 1.25. The molecule has 0 heterocycles. The van der Waals surface area contributed by atoms with Crippen LogP contribution in [0.1, 0.15) is 17.2 Å². The first kappa shape index (κ1) is 15.2. The Morgan fingerprint density at radius 2 is 1.88 bits per heavy atom. The average Bonchev–Trinajstić information content (AvgIpc) is 2.14. The molecule has 0 aromatic heterocycles. The summed E-state index contributed by atoms with van der Waals surface area (Å²) in [5.74, 6) is -1.39. The van der Waals surface area contributed by atoms with Gasteiger partial charge in [0.15, 0.2) is 0 Å². The van der Waals surface area contributed by atoms with E-state index in [0.717, 1.165) is 12.1 Å². The van der Waals surface area contributed by atoms with Crippen LogP contribution in [-0.2, 0) is 6.18 Å². The lowest BCUT2D eigenvalue weighted by Gasteiger charge is -2.17. The van der Waals surface area contributed by atoms with E-state index in [0.29, 0.717) is 6.07 Å². The first-order valence-electron chi connectivity index (χ1n) is 4.10. The maximum absolute atomic E-state index is 13.0. The van der Waals surface area contributed by atoms with E-state index < -0.39 is 35.8 Å². The predicted octanol–water partition coefficient (Wildman–Crippen LogP) is 2.26. The summed E-state index contributed by atoms with van der Waals surface area (Å²) in [6.45, 7) is -0.674. The van der Waals surface area contributed by atoms with E-state index in [1.165, 1.54) is 0 Å². The SMILES string of the molecule is Cl.N[C@H](CO)c1cccc(F)c1C(F)(F)F. The van der Waals surface area contributed by atoms with Gasteiger partial charge < -0.3 is 10.8 Å². The lowest BCUT2D eigenvalue weighted by atomic mass is 10.0. The Balaban J connectivity index is 0.00000225. The van der Waals surface area contributed by atoms with E-state index in [1.54, 1.807) is 0 Å². The summed E-state index contributed by atoms with van der Waals surface area (Å²) in [6, 6.07) is 1.64. The van der Waals surface area contributed by atoms with Crippen LogP contribution in [0, 0.1) is 5.82 Å². The van der Waals surface area contributed by atoms with Crippen LogP contribution >= 0.6 is 12.4 Å². The monoisotopic (exact) mass is 259 g/mol. The highest BCUT2D eigenvalue weighted by molar-refractivity contribution is 5.85. The molecule has 1 rings (SSSR count). The Bertz CT molecular complexity index is 356. The van der Waals surface area contributed by atoms with Gasteiger partial charge in [-0.1, -0.05) is 12.1 Å². The zero-order valence-electron chi connectivity index (χ0n) is 7.96. The third kappa shape index (κ3) is 3.07. The highest BCUT2D eigenvalue weighted by atomic mass is 35.5. The van der Waals surface area contributed by atoms with Gasteiger partial charge in [-0.2, -0.15) is 13.2 Å². The molecule has 7 heteroatoms. The number of hydrogen-bond acceptors (Lipinski definition) is 2. The van der Waals surface area contributed by atoms with Crippen LogP contribution in [0.15, 0.2) is 18.2 Å². The van der Waals surface area contributed by atoms with Crippen molar-refractivity contribution < 1.29 is 22.7 Å². The van der Waals surface area contributed by atoms with E-state index in [4.69, 9.17) is 10.8 Å². The lowest BCUT2D eigenvalue weighted by Crippen LogP contribution is -2.21. The van der Waals surface area contributed by atoms with Gasteiger partial charge in [-0.15, -0.1) is 12.4 Å². The average molecular weight is 260 g/mol. The maximum atomic E-state index is 13.0. The minimum Gasteiger partial charge on any atom is -0.394 e. The standard InChI is InChI=1S/C9H9F4NO.ClH/c10-6-3-1-2-5(7(14)4-15)8(6)9(11,12)13;/h1-3,7,15H,4,14H2;1H/t7-;/m1./s1. The fourth-order valence-electron chi connectivity index (χ4n) is 1.25. The van der Waals surface area contributed by atoms with Gasteiger partial charge in [-0.25, -0.2) is 4.39 Å². The number of aliphatic hydroxyl groups is 1. The molecular weight excluding hydrogens is 250 g/mol. The first-order valence-corrected chi connectivity index (χ1v) is 4.10. The first-order chi connectivity index (χ1) is 6.88. The molecule has 0 saturated carbocycles. The second-order valence-corrected chi connectivity index (χ2v) is 2.99. The smallest absolute Gasteiger partial charge is 0.394 e. The molecule has 1 aromatic rings. The van der Waals surface area contributed by atoms with Crippen molar-refractivity contribution in [2.45, 2.75) is 12.2 Å². The van der Waals surface area contributed by atoms with E-state index in [1.807, 2.05) is 0 Å². The molecule has 2 nitrogen and oxygen atoms in total. The Morgan fingerprint density at radius 1 is 1.31 bits per heavy atom. The van der Waals surface area contributed by atoms with Gasteiger partial charge in [0.1, 0.15) is 5.82 Å². The van der Waals surface area contributed by atoms with Gasteiger partial charge >= 0.3 is 6.18 Å². The van der Waals surface area contributed by atoms with Crippen LogP contribution in [-0.4, -0.2) is 11.7 Å². The second-order valence-electron chi connectivity index (χ2n) is 2.99. The Kier molecular flexibility index (Phi) is 5.18. The highest BCUT2D eigenvalue weighted by Crippen LogP contribution is 2.35. The normalized spacial score (nSPS) is 13.1. The molecule has 0 aliphatic rings. The third-order valence-electron chi connectivity index (χ3n) is 1.93. The van der Waals surface area contributed by atoms with E-state index in [-0.39, 0.29) is 12.4 Å². The maximum Gasteiger partial charge on any atom is 0.419 e. The Labute approximate surface area is 95.5 Å². The number of halogens is 5. The summed E-state index contributed by atoms with van der Waals surface area (Å²) in [5.41, 5.74) is 3.39. The van der Waals surface area contributed by atoms with E-state index in [2.05, 4.69) is 0 Å². The number of nitrogens with two attached hydrogens (primary N) is 1. The second kappa shape index (κ2) is 5.47. The molecule has 1 atom stereocenters. The molecule has 0 aliphatic carbocycles. The van der Waals surface area contributed by atoms with Gasteiger partial charge in [0, 0.05) is 0 Å². The van der Waals surface area contributed by atoms with Gasteiger partial charge in [-0.05, 0) is 11.6 Å². The van der Waals surface area contributed by atoms with Gasteiger partial charge in [0.05, 0.1) is 18.2 Å². The zero-order chi connectivity index (χ0) is 11.6. The molecule has 0 unspecified atom stereocenters. The number of rotatable bonds is 2. The van der Waals surface area contributed by atoms with Crippen molar-refractivity contribution in [2.24, 2.45) is 5.73 Å². The quantitative estimate of drug-likeness (QED) is 0.801. The van der Waals surface area contributed by atoms with E-state index in [9.17, 15) is 17.6 Å². The molecule has 16 heavy (non-hydrogen) atoms. The summed E-state index contributed by atoms with van der Waals surface area (Å²) >= 11 is 0. The van der Waals surface area contributed by atoms with Crippen molar-refractivity contribution in [3.63, 3.8) is 0 Å². The van der Waals surface area contributed by atoms with Crippen LogP contribution < -0.4 is 5.73 Å². The fraction of sp³-hybridized carbons (Fsp3) is 0.333. The van der Waals surface area contributed by atoms with Crippen LogP contribution in [0.3, 0.4) is 0 Å². The molecule has 0 saturated heterocycles. The molecule has 0 radical (unpaired) electrons. The molecule has 1 aromatic carbocycles. The molecule has 0 amide bonds. The molecule has 92 valence electrons. The van der Waals surface area contributed by atoms with Crippen molar-refractivity contribution in [1.29, 1.82) is 0 Å². The van der Waals surface area contributed by atoms with Crippen molar-refractivity contribution in [2.75, 3.05) is 6.61 Å². The summed E-state index contributed by atoms with van der Waals surface area (Å²) in [6.07, 6.45) is -4.81. The topological polar surface area (TPSA) is 46.2 Å². The van der Waals surface area contributed by atoms with Crippen LogP contribution in [0.5, 0.6) is 0 Å². The zero-order valence-corrected chi connectivity index (χ0v) is 8.78. The van der Waals surface area contributed by atoms with Crippen LogP contribution in [0.4, 0.5) is 17.6 Å². The number of aliphatic hydroxyl groups excluding tert-OH is 1. The van der Waals surface area contributed by atoms with Crippen molar-refractivity contribution in [3.05, 3.63) is 35.1 Å². The van der Waals surface area contributed by atoms with Crippen LogP contribution in [0.2, 0.25) is 0 Å². The number of benzene rings is 1. The summed E-state index contributed by atoms with van der Waals surface area (Å²) < 4.78 is 50.3. The summed E-state index contributed by atoms with van der Waals surface area (Å²) in [7, 11) is 0. The summed E-state index contributed by atoms with van der Waals surface area (Å²) in [4.78, 5) is 0. The molecule has 0 aliphatic heterocycles. The molecular formula is C9H10ClF4NO. The van der Waals surface area contributed by atoms with Crippen molar-refractivity contribution in [3.8, 4) is 0 Å². The minimum absolute atomic E-state index is 0. The number of alkyl halides is 3. The van der Waals surface area contributed by atoms with Crippen molar-refractivity contribution >= 4 is 12.4 Å². The van der Waals surface area contributed by atoms with Crippen molar-refractivity contribution in [1.82, 2.24) is 0 Å². The Hall–Kier alpha value is -0.850. The number of hydrogen-bond donors (Lipinski definition) is 2. The molecule has 0 fully saturated rings. The minimum atomic E-state index is -4.81. The van der Waals surface area contributed by atoms with Gasteiger partial charge in [0.25, 0.3) is 0 Å². The molecule has 3 N–H and O–H groups in total. The highest BCUT2D eigenvalue weighted by Gasteiger charge is 2.37. The van der Waals surface area contributed by atoms with Gasteiger partial charge in [0.2, 0.25) is 0 Å². The predicted molar refractivity (Wildman–Crippen MR) is 52.7 cm³/mol. The van der Waals surface area contributed by atoms with Gasteiger partial charge in [-0.3, -0.25) is 0 Å². The third-order valence-corrected chi connectivity index (χ3v) is 1.93. The lowest BCUT2D eigenvalue weighted by molar-refractivity contribution is -0.140. The molecule has 0 bridgehead atoms.